The van der Waals surface area contributed by atoms with Gasteiger partial charge in [-0.25, -0.2) is 0 Å². The maximum atomic E-state index is 2.56. The normalized spacial score (nSPS) is 30.3. The van der Waals surface area contributed by atoms with Crippen molar-refractivity contribution in [2.24, 2.45) is 0 Å². The SMILES string of the molecule is CCN1CCN(C)CC[C@H]1C. The maximum Gasteiger partial charge on any atom is 0.0112 e. The minimum Gasteiger partial charge on any atom is -0.305 e. The number of likely N-dealkylation sites (N-methyl/N-ethyl adjacent to an activating group) is 2. The van der Waals surface area contributed by atoms with Crippen LogP contribution in [0, 0.1) is 0 Å². The van der Waals surface area contributed by atoms with Gasteiger partial charge in [-0.2, -0.15) is 0 Å². The molecule has 0 bridgehead atoms. The molecule has 1 heterocycles. The van der Waals surface area contributed by atoms with E-state index in [0.717, 1.165) is 6.04 Å². The van der Waals surface area contributed by atoms with E-state index in [4.69, 9.17) is 0 Å². The third kappa shape index (κ3) is 2.46. The summed E-state index contributed by atoms with van der Waals surface area (Å²) < 4.78 is 0. The highest BCUT2D eigenvalue weighted by atomic mass is 15.2. The highest BCUT2D eigenvalue weighted by Gasteiger charge is 2.16. The van der Waals surface area contributed by atoms with Crippen LogP contribution in [-0.4, -0.2) is 49.1 Å². The smallest absolute Gasteiger partial charge is 0.0112 e. The van der Waals surface area contributed by atoms with Crippen LogP contribution >= 0.6 is 0 Å². The van der Waals surface area contributed by atoms with Crippen LogP contribution in [0.2, 0.25) is 0 Å². The highest BCUT2D eigenvalue weighted by molar-refractivity contribution is 4.72. The topological polar surface area (TPSA) is 6.48 Å². The molecule has 0 spiro atoms. The molecule has 0 amide bonds. The fourth-order valence-electron chi connectivity index (χ4n) is 1.69. The molecule has 0 unspecified atom stereocenters. The van der Waals surface area contributed by atoms with E-state index in [1.807, 2.05) is 0 Å². The summed E-state index contributed by atoms with van der Waals surface area (Å²) in [6, 6.07) is 0.782. The Morgan fingerprint density at radius 1 is 1.27 bits per heavy atom. The summed E-state index contributed by atoms with van der Waals surface area (Å²) in [4.78, 5) is 4.98. The summed E-state index contributed by atoms with van der Waals surface area (Å²) >= 11 is 0. The lowest BCUT2D eigenvalue weighted by atomic mass is 10.2. The summed E-state index contributed by atoms with van der Waals surface area (Å²) in [6.07, 6.45) is 1.32. The van der Waals surface area contributed by atoms with Gasteiger partial charge in [0.1, 0.15) is 0 Å². The molecule has 2 heteroatoms. The van der Waals surface area contributed by atoms with Gasteiger partial charge in [0, 0.05) is 19.1 Å². The monoisotopic (exact) mass is 156 g/mol. The molecule has 0 aromatic heterocycles. The molecule has 1 aliphatic heterocycles. The minimum atomic E-state index is 0.782. The summed E-state index contributed by atoms with van der Waals surface area (Å²) in [5.74, 6) is 0. The third-order valence-electron chi connectivity index (χ3n) is 2.73. The zero-order valence-corrected chi connectivity index (χ0v) is 8.01. The van der Waals surface area contributed by atoms with Crippen LogP contribution in [0.1, 0.15) is 20.3 Å². The zero-order valence-electron chi connectivity index (χ0n) is 8.01. The van der Waals surface area contributed by atoms with Gasteiger partial charge in [-0.3, -0.25) is 4.90 Å². The molecular weight excluding hydrogens is 136 g/mol. The van der Waals surface area contributed by atoms with Crippen molar-refractivity contribution in [2.45, 2.75) is 26.3 Å². The highest BCUT2D eigenvalue weighted by Crippen LogP contribution is 2.08. The summed E-state index contributed by atoms with van der Waals surface area (Å²) in [5.41, 5.74) is 0. The van der Waals surface area contributed by atoms with Gasteiger partial charge in [0.2, 0.25) is 0 Å². The molecule has 0 N–H and O–H groups in total. The molecule has 2 nitrogen and oxygen atoms in total. The quantitative estimate of drug-likeness (QED) is 0.559. The Morgan fingerprint density at radius 2 is 2.00 bits per heavy atom. The molecule has 1 aliphatic rings. The van der Waals surface area contributed by atoms with Gasteiger partial charge >= 0.3 is 0 Å². The van der Waals surface area contributed by atoms with E-state index < -0.39 is 0 Å². The van der Waals surface area contributed by atoms with Gasteiger partial charge in [0.15, 0.2) is 0 Å². The van der Waals surface area contributed by atoms with Gasteiger partial charge in [-0.15, -0.1) is 0 Å². The Morgan fingerprint density at radius 3 is 2.64 bits per heavy atom. The lowest BCUT2D eigenvalue weighted by Crippen LogP contribution is -2.34. The van der Waals surface area contributed by atoms with E-state index >= 15 is 0 Å². The molecule has 1 saturated heterocycles. The maximum absolute atomic E-state index is 2.56. The van der Waals surface area contributed by atoms with Crippen molar-refractivity contribution in [3.63, 3.8) is 0 Å². The average molecular weight is 156 g/mol. The lowest BCUT2D eigenvalue weighted by Gasteiger charge is -2.24. The van der Waals surface area contributed by atoms with Crippen molar-refractivity contribution in [1.29, 1.82) is 0 Å². The van der Waals surface area contributed by atoms with E-state index in [1.54, 1.807) is 0 Å². The van der Waals surface area contributed by atoms with Crippen molar-refractivity contribution < 1.29 is 0 Å². The van der Waals surface area contributed by atoms with Crippen molar-refractivity contribution >= 4 is 0 Å². The van der Waals surface area contributed by atoms with Crippen LogP contribution in [0.5, 0.6) is 0 Å². The first-order chi connectivity index (χ1) is 5.24. The predicted octanol–water partition coefficient (Wildman–Crippen LogP) is 1.03. The fraction of sp³-hybridized carbons (Fsp3) is 1.00. The Kier molecular flexibility index (Phi) is 3.34. The van der Waals surface area contributed by atoms with Gasteiger partial charge in [0.25, 0.3) is 0 Å². The molecular formula is C9H20N2. The largest absolute Gasteiger partial charge is 0.305 e. The number of rotatable bonds is 1. The molecule has 11 heavy (non-hydrogen) atoms. The average Bonchev–Trinajstić information content (AvgIpc) is 2.15. The van der Waals surface area contributed by atoms with Crippen molar-refractivity contribution in [2.75, 3.05) is 33.2 Å². The van der Waals surface area contributed by atoms with E-state index in [2.05, 4.69) is 30.7 Å². The number of hydrogen-bond donors (Lipinski definition) is 0. The van der Waals surface area contributed by atoms with Gasteiger partial charge in [0.05, 0.1) is 0 Å². The van der Waals surface area contributed by atoms with Gasteiger partial charge in [-0.05, 0) is 33.5 Å². The molecule has 0 aliphatic carbocycles. The van der Waals surface area contributed by atoms with Crippen molar-refractivity contribution in [3.8, 4) is 0 Å². The zero-order chi connectivity index (χ0) is 8.27. The predicted molar refractivity (Wildman–Crippen MR) is 48.8 cm³/mol. The lowest BCUT2D eigenvalue weighted by molar-refractivity contribution is 0.229. The molecule has 66 valence electrons. The first kappa shape index (κ1) is 9.01. The molecule has 1 atom stereocenters. The van der Waals surface area contributed by atoms with Crippen LogP contribution in [0.4, 0.5) is 0 Å². The van der Waals surface area contributed by atoms with E-state index in [9.17, 15) is 0 Å². The Hall–Kier alpha value is -0.0800. The first-order valence-electron chi connectivity index (χ1n) is 4.66. The van der Waals surface area contributed by atoms with Crippen LogP contribution < -0.4 is 0 Å². The Balaban J connectivity index is 2.41. The second-order valence-corrected chi connectivity index (χ2v) is 3.57. The van der Waals surface area contributed by atoms with E-state index in [1.165, 1.54) is 32.6 Å². The Bertz CT molecular complexity index is 114. The standard InChI is InChI=1S/C9H20N2/c1-4-11-8-7-10(3)6-5-9(11)2/h9H,4-8H2,1-3H3/t9-/m1/s1. The fourth-order valence-corrected chi connectivity index (χ4v) is 1.69. The summed E-state index contributed by atoms with van der Waals surface area (Å²) in [7, 11) is 2.21. The Labute approximate surface area is 70.2 Å². The second kappa shape index (κ2) is 4.07. The van der Waals surface area contributed by atoms with Crippen LogP contribution in [0.25, 0.3) is 0 Å². The molecule has 1 fully saturated rings. The van der Waals surface area contributed by atoms with E-state index in [0.29, 0.717) is 0 Å². The number of nitrogens with zero attached hydrogens (tertiary/aromatic N) is 2. The van der Waals surface area contributed by atoms with Gasteiger partial charge < -0.3 is 4.90 Å². The molecule has 0 aromatic rings. The number of hydrogen-bond acceptors (Lipinski definition) is 2. The minimum absolute atomic E-state index is 0.782. The summed E-state index contributed by atoms with van der Waals surface area (Å²) in [6.45, 7) is 9.53. The molecule has 0 aromatic carbocycles. The van der Waals surface area contributed by atoms with Crippen LogP contribution in [0.3, 0.4) is 0 Å². The second-order valence-electron chi connectivity index (χ2n) is 3.57. The van der Waals surface area contributed by atoms with Crippen LogP contribution in [-0.2, 0) is 0 Å². The third-order valence-corrected chi connectivity index (χ3v) is 2.73. The van der Waals surface area contributed by atoms with Crippen molar-refractivity contribution in [1.82, 2.24) is 9.80 Å². The molecule has 1 rings (SSSR count). The first-order valence-corrected chi connectivity index (χ1v) is 4.66. The van der Waals surface area contributed by atoms with Gasteiger partial charge in [-0.1, -0.05) is 6.92 Å². The van der Waals surface area contributed by atoms with Crippen molar-refractivity contribution in [3.05, 3.63) is 0 Å². The summed E-state index contributed by atoms with van der Waals surface area (Å²) in [5, 5.41) is 0. The van der Waals surface area contributed by atoms with E-state index in [-0.39, 0.29) is 0 Å². The molecule has 0 saturated carbocycles. The van der Waals surface area contributed by atoms with Crippen LogP contribution in [0.15, 0.2) is 0 Å². The molecule has 0 radical (unpaired) electrons.